The number of methoxy groups -OCH3 is 1. The highest BCUT2D eigenvalue weighted by Crippen LogP contribution is 2.46. The van der Waals surface area contributed by atoms with Crippen molar-refractivity contribution in [2.24, 2.45) is 5.41 Å². The normalized spacial score (nSPS) is 14.6. The van der Waals surface area contributed by atoms with Gasteiger partial charge in [0.15, 0.2) is 0 Å². The van der Waals surface area contributed by atoms with Gasteiger partial charge in [0.2, 0.25) is 5.88 Å². The zero-order valence-electron chi connectivity index (χ0n) is 15.3. The first-order chi connectivity index (χ1) is 13.2. The van der Waals surface area contributed by atoms with Crippen molar-refractivity contribution in [1.29, 1.82) is 0 Å². The first-order valence-electron chi connectivity index (χ1n) is 9.04. The summed E-state index contributed by atoms with van der Waals surface area (Å²) in [7, 11) is 1.59. The lowest BCUT2D eigenvalue weighted by Crippen LogP contribution is -2.32. The molecule has 1 aliphatic carbocycles. The van der Waals surface area contributed by atoms with E-state index >= 15 is 0 Å². The molecule has 4 rings (SSSR count). The quantitative estimate of drug-likeness (QED) is 0.701. The Bertz CT molecular complexity index is 898. The van der Waals surface area contributed by atoms with E-state index in [0.717, 1.165) is 30.5 Å². The number of carbonyl (C=O) groups is 1. The summed E-state index contributed by atoms with van der Waals surface area (Å²) in [6.45, 7) is 1.53. The lowest BCUT2D eigenvalue weighted by Gasteiger charge is -2.16. The molecule has 6 heteroatoms. The van der Waals surface area contributed by atoms with Crippen LogP contribution >= 0.6 is 0 Å². The van der Waals surface area contributed by atoms with Crippen molar-refractivity contribution in [3.63, 3.8) is 0 Å². The van der Waals surface area contributed by atoms with Crippen LogP contribution in [0, 0.1) is 5.41 Å². The standard InChI is InChI=1S/C21H22N4O2/c1-27-19-8-7-18(13-22-19)16-3-5-17(6-4-16)20(26)23-14-21(9-10-21)15-25-12-2-11-24-25/h2-8,11-13H,9-10,14-15H2,1H3,(H,23,26). The molecule has 1 fully saturated rings. The summed E-state index contributed by atoms with van der Waals surface area (Å²) < 4.78 is 7.02. The number of carbonyl (C=O) groups excluding carboxylic acids is 1. The summed E-state index contributed by atoms with van der Waals surface area (Å²) in [6.07, 6.45) is 7.76. The van der Waals surface area contributed by atoms with Crippen LogP contribution in [0.25, 0.3) is 11.1 Å². The van der Waals surface area contributed by atoms with Gasteiger partial charge in [-0.3, -0.25) is 9.48 Å². The molecule has 0 saturated heterocycles. The summed E-state index contributed by atoms with van der Waals surface area (Å²) in [6, 6.07) is 13.3. The van der Waals surface area contributed by atoms with Crippen LogP contribution in [0.3, 0.4) is 0 Å². The number of rotatable bonds is 7. The smallest absolute Gasteiger partial charge is 0.251 e. The number of amides is 1. The van der Waals surface area contributed by atoms with E-state index in [1.54, 1.807) is 19.5 Å². The van der Waals surface area contributed by atoms with E-state index in [4.69, 9.17) is 4.74 Å². The Hall–Kier alpha value is -3.15. The van der Waals surface area contributed by atoms with E-state index in [2.05, 4.69) is 15.4 Å². The second-order valence-corrected chi connectivity index (χ2v) is 7.05. The molecule has 0 spiro atoms. The van der Waals surface area contributed by atoms with E-state index < -0.39 is 0 Å². The Labute approximate surface area is 158 Å². The number of ether oxygens (including phenoxy) is 1. The summed E-state index contributed by atoms with van der Waals surface area (Å²) in [5.41, 5.74) is 2.81. The van der Waals surface area contributed by atoms with E-state index in [0.29, 0.717) is 18.0 Å². The molecule has 0 aliphatic heterocycles. The Balaban J connectivity index is 1.36. The van der Waals surface area contributed by atoms with Gasteiger partial charge in [0.05, 0.1) is 7.11 Å². The number of pyridine rings is 1. The molecule has 0 unspecified atom stereocenters. The number of aromatic nitrogens is 3. The number of nitrogens with one attached hydrogen (secondary N) is 1. The van der Waals surface area contributed by atoms with Gasteiger partial charge < -0.3 is 10.1 Å². The SMILES string of the molecule is COc1ccc(-c2ccc(C(=O)NCC3(Cn4cccn4)CC3)cc2)cn1. The Kier molecular flexibility index (Phi) is 4.62. The van der Waals surface area contributed by atoms with Gasteiger partial charge >= 0.3 is 0 Å². The van der Waals surface area contributed by atoms with Crippen LogP contribution in [0.4, 0.5) is 0 Å². The summed E-state index contributed by atoms with van der Waals surface area (Å²) in [5.74, 6) is 0.542. The molecule has 2 heterocycles. The maximum atomic E-state index is 12.5. The predicted octanol–water partition coefficient (Wildman–Crippen LogP) is 3.16. The van der Waals surface area contributed by atoms with Crippen LogP contribution in [0.5, 0.6) is 5.88 Å². The fourth-order valence-corrected chi connectivity index (χ4v) is 3.16. The molecule has 1 amide bonds. The molecule has 3 aromatic rings. The third-order valence-electron chi connectivity index (χ3n) is 5.06. The fourth-order valence-electron chi connectivity index (χ4n) is 3.16. The van der Waals surface area contributed by atoms with E-state index in [-0.39, 0.29) is 11.3 Å². The molecule has 0 radical (unpaired) electrons. The highest BCUT2D eigenvalue weighted by atomic mass is 16.5. The molecule has 6 nitrogen and oxygen atoms in total. The summed E-state index contributed by atoms with van der Waals surface area (Å²) in [4.78, 5) is 16.7. The molecule has 2 aromatic heterocycles. The second kappa shape index (κ2) is 7.23. The summed E-state index contributed by atoms with van der Waals surface area (Å²) >= 11 is 0. The average molecular weight is 362 g/mol. The lowest BCUT2D eigenvalue weighted by atomic mass is 10.0. The predicted molar refractivity (Wildman–Crippen MR) is 102 cm³/mol. The number of hydrogen-bond donors (Lipinski definition) is 1. The largest absolute Gasteiger partial charge is 0.481 e. The van der Waals surface area contributed by atoms with E-state index in [9.17, 15) is 4.79 Å². The molecule has 1 aromatic carbocycles. The minimum absolute atomic E-state index is 0.0406. The van der Waals surface area contributed by atoms with Gasteiger partial charge in [-0.05, 0) is 42.7 Å². The summed E-state index contributed by atoms with van der Waals surface area (Å²) in [5, 5.41) is 7.35. The molecule has 0 atom stereocenters. The minimum atomic E-state index is -0.0406. The average Bonchev–Trinajstić information content (AvgIpc) is 3.29. The Morgan fingerprint density at radius 1 is 1.19 bits per heavy atom. The zero-order chi connectivity index (χ0) is 18.7. The molecule has 138 valence electrons. The van der Waals surface area contributed by atoms with Gasteiger partial charge in [-0.1, -0.05) is 12.1 Å². The van der Waals surface area contributed by atoms with Crippen LogP contribution in [-0.4, -0.2) is 34.3 Å². The maximum absolute atomic E-state index is 12.5. The topological polar surface area (TPSA) is 69.0 Å². The van der Waals surface area contributed by atoms with E-state index in [1.807, 2.05) is 53.3 Å². The van der Waals surface area contributed by atoms with Gasteiger partial charge in [0.25, 0.3) is 5.91 Å². The van der Waals surface area contributed by atoms with Gasteiger partial charge in [0.1, 0.15) is 0 Å². The van der Waals surface area contributed by atoms with Gasteiger partial charge in [0, 0.05) is 54.3 Å². The van der Waals surface area contributed by atoms with Crippen LogP contribution in [0.15, 0.2) is 61.1 Å². The van der Waals surface area contributed by atoms with Crippen molar-refractivity contribution in [3.05, 3.63) is 66.6 Å². The second-order valence-electron chi connectivity index (χ2n) is 7.05. The molecule has 0 bridgehead atoms. The van der Waals surface area contributed by atoms with Crippen LogP contribution in [0.2, 0.25) is 0 Å². The highest BCUT2D eigenvalue weighted by Gasteiger charge is 2.43. The molecule has 1 N–H and O–H groups in total. The monoisotopic (exact) mass is 362 g/mol. The highest BCUT2D eigenvalue weighted by molar-refractivity contribution is 5.94. The molecular formula is C21H22N4O2. The third-order valence-corrected chi connectivity index (χ3v) is 5.06. The van der Waals surface area contributed by atoms with Gasteiger partial charge in [-0.15, -0.1) is 0 Å². The lowest BCUT2D eigenvalue weighted by molar-refractivity contribution is 0.0942. The minimum Gasteiger partial charge on any atom is -0.481 e. The van der Waals surface area contributed by atoms with Crippen molar-refractivity contribution in [3.8, 4) is 17.0 Å². The van der Waals surface area contributed by atoms with E-state index in [1.165, 1.54) is 0 Å². The first kappa shape index (κ1) is 17.3. The molecule has 1 aliphatic rings. The van der Waals surface area contributed by atoms with Crippen LogP contribution in [0.1, 0.15) is 23.2 Å². The van der Waals surface area contributed by atoms with Crippen molar-refractivity contribution < 1.29 is 9.53 Å². The van der Waals surface area contributed by atoms with Crippen molar-refractivity contribution in [1.82, 2.24) is 20.1 Å². The van der Waals surface area contributed by atoms with Crippen LogP contribution in [-0.2, 0) is 6.54 Å². The zero-order valence-corrected chi connectivity index (χ0v) is 15.3. The van der Waals surface area contributed by atoms with Crippen molar-refractivity contribution in [2.45, 2.75) is 19.4 Å². The van der Waals surface area contributed by atoms with Gasteiger partial charge in [-0.2, -0.15) is 5.10 Å². The Morgan fingerprint density at radius 3 is 2.56 bits per heavy atom. The molecular weight excluding hydrogens is 340 g/mol. The van der Waals surface area contributed by atoms with Gasteiger partial charge in [-0.25, -0.2) is 4.98 Å². The van der Waals surface area contributed by atoms with Crippen molar-refractivity contribution >= 4 is 5.91 Å². The third kappa shape index (κ3) is 4.00. The molecule has 1 saturated carbocycles. The first-order valence-corrected chi connectivity index (χ1v) is 9.04. The number of benzene rings is 1. The number of hydrogen-bond acceptors (Lipinski definition) is 4. The fraction of sp³-hybridized carbons (Fsp3) is 0.286. The molecule has 27 heavy (non-hydrogen) atoms. The van der Waals surface area contributed by atoms with Crippen molar-refractivity contribution in [2.75, 3.05) is 13.7 Å². The maximum Gasteiger partial charge on any atom is 0.251 e. The number of nitrogens with zero attached hydrogens (tertiary/aromatic N) is 3. The van der Waals surface area contributed by atoms with Crippen LogP contribution < -0.4 is 10.1 Å². The Morgan fingerprint density at radius 2 is 1.96 bits per heavy atom.